The summed E-state index contributed by atoms with van der Waals surface area (Å²) >= 11 is 0. The predicted molar refractivity (Wildman–Crippen MR) is 87.6 cm³/mol. The maximum absolute atomic E-state index is 12.0. The Bertz CT molecular complexity index is 304. The van der Waals surface area contributed by atoms with Gasteiger partial charge in [0.15, 0.2) is 0 Å². The summed E-state index contributed by atoms with van der Waals surface area (Å²) in [5, 5.41) is 0. The van der Waals surface area contributed by atoms with E-state index in [-0.39, 0.29) is 6.09 Å². The topological polar surface area (TPSA) is 32.8 Å². The normalized spacial score (nSPS) is 18.6. The second-order valence-corrected chi connectivity index (χ2v) is 7.20. The van der Waals surface area contributed by atoms with E-state index >= 15 is 0 Å². The number of hydrogen-bond donors (Lipinski definition) is 0. The molecule has 1 rings (SSSR count). The number of unbranched alkanes of at least 4 members (excludes halogenated alkanes) is 3. The van der Waals surface area contributed by atoms with Gasteiger partial charge in [0, 0.05) is 32.2 Å². The van der Waals surface area contributed by atoms with Crippen molar-refractivity contribution in [3.05, 3.63) is 0 Å². The first kappa shape index (κ1) is 18.3. The van der Waals surface area contributed by atoms with Crippen molar-refractivity contribution in [3.63, 3.8) is 0 Å². The number of piperazine rings is 1. The molecule has 124 valence electrons. The summed E-state index contributed by atoms with van der Waals surface area (Å²) in [4.78, 5) is 16.4. The maximum Gasteiger partial charge on any atom is 0.410 e. The second kappa shape index (κ2) is 8.62. The van der Waals surface area contributed by atoms with Crippen molar-refractivity contribution in [2.75, 3.05) is 26.2 Å². The summed E-state index contributed by atoms with van der Waals surface area (Å²) < 4.78 is 5.43. The van der Waals surface area contributed by atoms with Gasteiger partial charge in [-0.1, -0.05) is 32.6 Å². The Morgan fingerprint density at radius 1 is 1.10 bits per heavy atom. The first-order valence-corrected chi connectivity index (χ1v) is 8.55. The van der Waals surface area contributed by atoms with Crippen molar-refractivity contribution >= 4 is 6.09 Å². The molecule has 1 unspecified atom stereocenters. The number of rotatable bonds is 6. The molecule has 0 spiro atoms. The molecule has 1 aliphatic rings. The van der Waals surface area contributed by atoms with E-state index in [2.05, 4.69) is 18.7 Å². The third-order valence-corrected chi connectivity index (χ3v) is 4.06. The molecule has 0 aliphatic carbocycles. The van der Waals surface area contributed by atoms with Gasteiger partial charge in [0.2, 0.25) is 0 Å². The molecule has 4 heteroatoms. The van der Waals surface area contributed by atoms with Crippen LogP contribution in [0.15, 0.2) is 0 Å². The number of nitrogens with zero attached hydrogens (tertiary/aromatic N) is 2. The van der Waals surface area contributed by atoms with E-state index in [0.29, 0.717) is 6.04 Å². The molecule has 1 heterocycles. The second-order valence-electron chi connectivity index (χ2n) is 7.20. The Morgan fingerprint density at radius 2 is 1.71 bits per heavy atom. The van der Waals surface area contributed by atoms with Gasteiger partial charge < -0.3 is 9.64 Å². The lowest BCUT2D eigenvalue weighted by molar-refractivity contribution is 0.0106. The van der Waals surface area contributed by atoms with Crippen molar-refractivity contribution in [2.24, 2.45) is 0 Å². The number of ether oxygens (including phenoxy) is 1. The van der Waals surface area contributed by atoms with Crippen molar-refractivity contribution in [3.8, 4) is 0 Å². The van der Waals surface area contributed by atoms with Crippen LogP contribution in [0.25, 0.3) is 0 Å². The van der Waals surface area contributed by atoms with E-state index in [1.54, 1.807) is 0 Å². The van der Waals surface area contributed by atoms with Gasteiger partial charge in [-0.25, -0.2) is 4.79 Å². The highest BCUT2D eigenvalue weighted by molar-refractivity contribution is 5.68. The molecule has 0 saturated carbocycles. The summed E-state index contributed by atoms with van der Waals surface area (Å²) in [6.45, 7) is 13.8. The zero-order chi connectivity index (χ0) is 15.9. The van der Waals surface area contributed by atoms with Crippen molar-refractivity contribution < 1.29 is 9.53 Å². The quantitative estimate of drug-likeness (QED) is 0.697. The zero-order valence-electron chi connectivity index (χ0n) is 14.7. The summed E-state index contributed by atoms with van der Waals surface area (Å²) in [6, 6.07) is 0.627. The lowest BCUT2D eigenvalue weighted by Gasteiger charge is -2.38. The zero-order valence-corrected chi connectivity index (χ0v) is 14.7. The van der Waals surface area contributed by atoms with Crippen LogP contribution in [0.4, 0.5) is 4.79 Å². The van der Waals surface area contributed by atoms with Crippen LogP contribution in [-0.4, -0.2) is 53.7 Å². The standard InChI is InChI=1S/C17H34N2O2/c1-6-7-8-9-10-15(2)18-11-13-19(14-12-18)16(20)21-17(3,4)5/h15H,6-14H2,1-5H3. The van der Waals surface area contributed by atoms with Gasteiger partial charge >= 0.3 is 6.09 Å². The summed E-state index contributed by atoms with van der Waals surface area (Å²) in [5.41, 5.74) is -0.402. The molecule has 4 nitrogen and oxygen atoms in total. The van der Waals surface area contributed by atoms with Crippen LogP contribution in [0.5, 0.6) is 0 Å². The molecule has 1 saturated heterocycles. The fourth-order valence-electron chi connectivity index (χ4n) is 2.72. The highest BCUT2D eigenvalue weighted by Gasteiger charge is 2.27. The summed E-state index contributed by atoms with van der Waals surface area (Å²) in [6.07, 6.45) is 6.41. The molecule has 1 fully saturated rings. The molecule has 21 heavy (non-hydrogen) atoms. The maximum atomic E-state index is 12.0. The van der Waals surface area contributed by atoms with Gasteiger partial charge in [-0.3, -0.25) is 4.90 Å². The molecular formula is C17H34N2O2. The third-order valence-electron chi connectivity index (χ3n) is 4.06. The van der Waals surface area contributed by atoms with Crippen LogP contribution < -0.4 is 0 Å². The first-order chi connectivity index (χ1) is 9.83. The smallest absolute Gasteiger partial charge is 0.410 e. The molecular weight excluding hydrogens is 264 g/mol. The molecule has 0 radical (unpaired) electrons. The van der Waals surface area contributed by atoms with Gasteiger partial charge in [-0.05, 0) is 34.1 Å². The molecule has 0 N–H and O–H groups in total. The minimum Gasteiger partial charge on any atom is -0.444 e. The molecule has 1 atom stereocenters. The Morgan fingerprint density at radius 3 is 2.24 bits per heavy atom. The van der Waals surface area contributed by atoms with E-state index in [4.69, 9.17) is 4.74 Å². The predicted octanol–water partition coefficient (Wildman–Crippen LogP) is 3.90. The van der Waals surface area contributed by atoms with Crippen LogP contribution in [0.2, 0.25) is 0 Å². The van der Waals surface area contributed by atoms with Crippen LogP contribution in [0.3, 0.4) is 0 Å². The van der Waals surface area contributed by atoms with Gasteiger partial charge in [0.1, 0.15) is 5.60 Å². The summed E-state index contributed by atoms with van der Waals surface area (Å²) in [5.74, 6) is 0. The van der Waals surface area contributed by atoms with Gasteiger partial charge in [0.05, 0.1) is 0 Å². The Balaban J connectivity index is 2.26. The lowest BCUT2D eigenvalue weighted by atomic mass is 10.1. The Kier molecular flexibility index (Phi) is 7.50. The molecule has 1 amide bonds. The molecule has 0 aromatic carbocycles. The molecule has 0 aromatic heterocycles. The van der Waals surface area contributed by atoms with E-state index in [9.17, 15) is 4.79 Å². The highest BCUT2D eigenvalue weighted by atomic mass is 16.6. The average Bonchev–Trinajstić information content (AvgIpc) is 2.41. The molecule has 0 bridgehead atoms. The lowest BCUT2D eigenvalue weighted by Crippen LogP contribution is -2.52. The fraction of sp³-hybridized carbons (Fsp3) is 0.941. The van der Waals surface area contributed by atoms with E-state index in [1.165, 1.54) is 32.1 Å². The van der Waals surface area contributed by atoms with Crippen LogP contribution in [-0.2, 0) is 4.74 Å². The van der Waals surface area contributed by atoms with Crippen molar-refractivity contribution in [2.45, 2.75) is 78.4 Å². The number of amides is 1. The minimum absolute atomic E-state index is 0.169. The molecule has 0 aromatic rings. The molecule has 1 aliphatic heterocycles. The summed E-state index contributed by atoms with van der Waals surface area (Å²) in [7, 11) is 0. The number of carbonyl (C=O) groups is 1. The minimum atomic E-state index is -0.402. The first-order valence-electron chi connectivity index (χ1n) is 8.55. The van der Waals surface area contributed by atoms with Crippen molar-refractivity contribution in [1.82, 2.24) is 9.80 Å². The third kappa shape index (κ3) is 7.16. The number of carbonyl (C=O) groups excluding carboxylic acids is 1. The average molecular weight is 298 g/mol. The van der Waals surface area contributed by atoms with Gasteiger partial charge in [-0.15, -0.1) is 0 Å². The number of hydrogen-bond acceptors (Lipinski definition) is 3. The SMILES string of the molecule is CCCCCCC(C)N1CCN(C(=O)OC(C)(C)C)CC1. The Labute approximate surface area is 130 Å². The highest BCUT2D eigenvalue weighted by Crippen LogP contribution is 2.15. The van der Waals surface area contributed by atoms with E-state index < -0.39 is 5.60 Å². The van der Waals surface area contributed by atoms with Crippen LogP contribution >= 0.6 is 0 Å². The van der Waals surface area contributed by atoms with E-state index in [1.807, 2.05) is 25.7 Å². The monoisotopic (exact) mass is 298 g/mol. The fourth-order valence-corrected chi connectivity index (χ4v) is 2.72. The van der Waals surface area contributed by atoms with Gasteiger partial charge in [0.25, 0.3) is 0 Å². The largest absolute Gasteiger partial charge is 0.444 e. The van der Waals surface area contributed by atoms with Gasteiger partial charge in [-0.2, -0.15) is 0 Å². The van der Waals surface area contributed by atoms with Crippen molar-refractivity contribution in [1.29, 1.82) is 0 Å². The Hall–Kier alpha value is -0.770. The van der Waals surface area contributed by atoms with Crippen LogP contribution in [0, 0.1) is 0 Å². The van der Waals surface area contributed by atoms with Crippen LogP contribution in [0.1, 0.15) is 66.7 Å². The van der Waals surface area contributed by atoms with E-state index in [0.717, 1.165) is 26.2 Å².